The lowest BCUT2D eigenvalue weighted by molar-refractivity contribution is 0.0609. The van der Waals surface area contributed by atoms with Crippen molar-refractivity contribution in [3.05, 3.63) is 90.0 Å². The van der Waals surface area contributed by atoms with Crippen LogP contribution in [0.1, 0.15) is 22.1 Å². The maximum Gasteiger partial charge on any atom is 0.257 e. The molecular formula is C23H22N2O2. The first-order valence-corrected chi connectivity index (χ1v) is 9.09. The topological polar surface area (TPSA) is 41.6 Å². The number of ether oxygens (including phenoxy) is 1. The maximum atomic E-state index is 13.0. The van der Waals surface area contributed by atoms with Gasteiger partial charge >= 0.3 is 0 Å². The van der Waals surface area contributed by atoms with Crippen molar-refractivity contribution < 1.29 is 9.53 Å². The second-order valence-corrected chi connectivity index (χ2v) is 6.57. The van der Waals surface area contributed by atoms with Crippen molar-refractivity contribution in [2.24, 2.45) is 0 Å². The summed E-state index contributed by atoms with van der Waals surface area (Å²) < 4.78 is 5.22. The van der Waals surface area contributed by atoms with Crippen molar-refractivity contribution in [2.75, 3.05) is 25.6 Å². The number of methoxy groups -OCH3 is 1. The van der Waals surface area contributed by atoms with Crippen LogP contribution in [0, 0.1) is 0 Å². The maximum absolute atomic E-state index is 13.0. The van der Waals surface area contributed by atoms with Gasteiger partial charge in [0.2, 0.25) is 0 Å². The van der Waals surface area contributed by atoms with E-state index in [1.807, 2.05) is 47.4 Å². The highest BCUT2D eigenvalue weighted by Crippen LogP contribution is 2.33. The van der Waals surface area contributed by atoms with Gasteiger partial charge in [-0.25, -0.2) is 0 Å². The van der Waals surface area contributed by atoms with Crippen LogP contribution in [-0.4, -0.2) is 31.1 Å². The van der Waals surface area contributed by atoms with Crippen molar-refractivity contribution in [1.29, 1.82) is 0 Å². The summed E-state index contributed by atoms with van der Waals surface area (Å²) in [5.41, 5.74) is 4.95. The quantitative estimate of drug-likeness (QED) is 0.727. The zero-order valence-electron chi connectivity index (χ0n) is 15.3. The Balaban J connectivity index is 1.67. The van der Waals surface area contributed by atoms with Crippen LogP contribution < -0.4 is 5.32 Å². The van der Waals surface area contributed by atoms with Gasteiger partial charge in [0.05, 0.1) is 12.2 Å². The highest BCUT2D eigenvalue weighted by molar-refractivity contribution is 6.01. The lowest BCUT2D eigenvalue weighted by Gasteiger charge is -2.38. The molecule has 0 aliphatic carbocycles. The average molecular weight is 358 g/mol. The number of fused-ring (bicyclic) bond motifs is 1. The van der Waals surface area contributed by atoms with E-state index in [-0.39, 0.29) is 12.1 Å². The summed E-state index contributed by atoms with van der Waals surface area (Å²) >= 11 is 0. The number of rotatable bonds is 5. The minimum Gasteiger partial charge on any atom is -0.383 e. The Morgan fingerprint density at radius 3 is 2.30 bits per heavy atom. The van der Waals surface area contributed by atoms with Crippen LogP contribution >= 0.6 is 0 Å². The molecule has 0 bridgehead atoms. The van der Waals surface area contributed by atoms with E-state index in [4.69, 9.17) is 4.74 Å². The molecular weight excluding hydrogens is 336 g/mol. The fourth-order valence-corrected chi connectivity index (χ4v) is 3.46. The molecule has 0 saturated carbocycles. The van der Waals surface area contributed by atoms with Gasteiger partial charge in [-0.2, -0.15) is 0 Å². The van der Waals surface area contributed by atoms with E-state index in [1.165, 1.54) is 5.56 Å². The minimum atomic E-state index is -0.215. The van der Waals surface area contributed by atoms with E-state index in [2.05, 4.69) is 41.7 Å². The van der Waals surface area contributed by atoms with Gasteiger partial charge in [-0.15, -0.1) is 0 Å². The van der Waals surface area contributed by atoms with Crippen molar-refractivity contribution in [3.8, 4) is 11.1 Å². The Labute approximate surface area is 159 Å². The summed E-state index contributed by atoms with van der Waals surface area (Å²) in [4.78, 5) is 14.9. The first-order chi connectivity index (χ1) is 13.3. The zero-order chi connectivity index (χ0) is 18.6. The first-order valence-electron chi connectivity index (χ1n) is 9.09. The first kappa shape index (κ1) is 17.3. The second-order valence-electron chi connectivity index (χ2n) is 6.57. The van der Waals surface area contributed by atoms with Crippen molar-refractivity contribution in [2.45, 2.75) is 6.17 Å². The normalized spacial score (nSPS) is 16.0. The summed E-state index contributed by atoms with van der Waals surface area (Å²) in [5.74, 6) is 0.0264. The van der Waals surface area contributed by atoms with Crippen molar-refractivity contribution >= 4 is 11.6 Å². The molecule has 1 aliphatic heterocycles. The molecule has 4 heteroatoms. The van der Waals surface area contributed by atoms with Crippen LogP contribution in [0.5, 0.6) is 0 Å². The molecule has 27 heavy (non-hydrogen) atoms. The SMILES string of the molecule is COCCN1C(=O)c2ccccc2NC1c1ccc(-c2ccccc2)cc1. The van der Waals surface area contributed by atoms with Crippen LogP contribution in [0.3, 0.4) is 0 Å². The molecule has 1 N–H and O–H groups in total. The van der Waals surface area contributed by atoms with Crippen molar-refractivity contribution in [3.63, 3.8) is 0 Å². The third-order valence-electron chi connectivity index (χ3n) is 4.89. The number of nitrogens with one attached hydrogen (secondary N) is 1. The molecule has 1 unspecified atom stereocenters. The van der Waals surface area contributed by atoms with Gasteiger partial charge in [0.25, 0.3) is 5.91 Å². The Morgan fingerprint density at radius 1 is 0.889 bits per heavy atom. The molecule has 0 spiro atoms. The Morgan fingerprint density at radius 2 is 1.56 bits per heavy atom. The van der Waals surface area contributed by atoms with Gasteiger partial charge in [0, 0.05) is 19.3 Å². The number of hydrogen-bond acceptors (Lipinski definition) is 3. The highest BCUT2D eigenvalue weighted by atomic mass is 16.5. The molecule has 1 aliphatic rings. The molecule has 4 rings (SSSR count). The van der Waals surface area contributed by atoms with E-state index in [0.717, 1.165) is 16.8 Å². The molecule has 0 fully saturated rings. The average Bonchev–Trinajstić information content (AvgIpc) is 2.74. The van der Waals surface area contributed by atoms with E-state index < -0.39 is 0 Å². The highest BCUT2D eigenvalue weighted by Gasteiger charge is 2.32. The molecule has 0 saturated heterocycles. The van der Waals surface area contributed by atoms with Crippen LogP contribution in [0.4, 0.5) is 5.69 Å². The number of carbonyl (C=O) groups is 1. The molecule has 4 nitrogen and oxygen atoms in total. The van der Waals surface area contributed by atoms with Crippen LogP contribution in [0.15, 0.2) is 78.9 Å². The molecule has 3 aromatic rings. The zero-order valence-corrected chi connectivity index (χ0v) is 15.3. The number of anilines is 1. The van der Waals surface area contributed by atoms with Gasteiger partial charge in [-0.3, -0.25) is 4.79 Å². The number of para-hydroxylation sites is 1. The molecule has 3 aromatic carbocycles. The minimum absolute atomic E-state index is 0.0264. The van der Waals surface area contributed by atoms with Crippen LogP contribution in [0.25, 0.3) is 11.1 Å². The summed E-state index contributed by atoms with van der Waals surface area (Å²) in [6, 6.07) is 26.3. The summed E-state index contributed by atoms with van der Waals surface area (Å²) in [6.07, 6.45) is -0.215. The summed E-state index contributed by atoms with van der Waals surface area (Å²) in [6.45, 7) is 1.02. The fourth-order valence-electron chi connectivity index (χ4n) is 3.46. The number of nitrogens with zero attached hydrogens (tertiary/aromatic N) is 1. The van der Waals surface area contributed by atoms with E-state index in [0.29, 0.717) is 18.7 Å². The van der Waals surface area contributed by atoms with Gasteiger partial charge in [-0.05, 0) is 28.8 Å². The Bertz CT molecular complexity index is 923. The Kier molecular flexibility index (Phi) is 4.90. The Hall–Kier alpha value is -3.11. The number of carbonyl (C=O) groups excluding carboxylic acids is 1. The van der Waals surface area contributed by atoms with Gasteiger partial charge in [0.15, 0.2) is 0 Å². The third-order valence-corrected chi connectivity index (χ3v) is 4.89. The van der Waals surface area contributed by atoms with Crippen LogP contribution in [-0.2, 0) is 4.74 Å². The number of hydrogen-bond donors (Lipinski definition) is 1. The fraction of sp³-hybridized carbons (Fsp3) is 0.174. The number of benzene rings is 3. The molecule has 136 valence electrons. The third kappa shape index (κ3) is 3.44. The lowest BCUT2D eigenvalue weighted by Crippen LogP contribution is -2.44. The van der Waals surface area contributed by atoms with Crippen molar-refractivity contribution in [1.82, 2.24) is 4.90 Å². The number of amides is 1. The molecule has 0 radical (unpaired) electrons. The van der Waals surface area contributed by atoms with E-state index in [1.54, 1.807) is 7.11 Å². The second kappa shape index (κ2) is 7.64. The van der Waals surface area contributed by atoms with Gasteiger partial charge < -0.3 is 15.0 Å². The van der Waals surface area contributed by atoms with Gasteiger partial charge in [-0.1, -0.05) is 66.7 Å². The van der Waals surface area contributed by atoms with E-state index in [9.17, 15) is 4.79 Å². The van der Waals surface area contributed by atoms with E-state index >= 15 is 0 Å². The predicted molar refractivity (Wildman–Crippen MR) is 108 cm³/mol. The predicted octanol–water partition coefficient (Wildman–Crippen LogP) is 4.57. The molecule has 1 atom stereocenters. The molecule has 1 amide bonds. The summed E-state index contributed by atoms with van der Waals surface area (Å²) in [5, 5.41) is 3.51. The summed E-state index contributed by atoms with van der Waals surface area (Å²) in [7, 11) is 1.65. The smallest absolute Gasteiger partial charge is 0.257 e. The standard InChI is InChI=1S/C23H22N2O2/c1-27-16-15-25-22(24-21-10-6-5-9-20(21)23(25)26)19-13-11-18(12-14-19)17-7-3-2-4-8-17/h2-14,22,24H,15-16H2,1H3. The molecule has 0 aromatic heterocycles. The monoisotopic (exact) mass is 358 g/mol. The van der Waals surface area contributed by atoms with Gasteiger partial charge in [0.1, 0.15) is 6.17 Å². The van der Waals surface area contributed by atoms with Crippen LogP contribution in [0.2, 0.25) is 0 Å². The largest absolute Gasteiger partial charge is 0.383 e. The molecule has 1 heterocycles. The lowest BCUT2D eigenvalue weighted by atomic mass is 10.00.